The van der Waals surface area contributed by atoms with Gasteiger partial charge < -0.3 is 10.4 Å². The summed E-state index contributed by atoms with van der Waals surface area (Å²) in [6, 6.07) is 30.6. The van der Waals surface area contributed by atoms with Crippen LogP contribution >= 0.6 is 11.8 Å². The summed E-state index contributed by atoms with van der Waals surface area (Å²) in [4.78, 5) is 12.6. The number of carbonyl (C=O) groups excluding carboxylic acids is 1. The van der Waals surface area contributed by atoms with E-state index in [0.29, 0.717) is 0 Å². The maximum absolute atomic E-state index is 12.6. The molecule has 5 rings (SSSR count). The fourth-order valence-electron chi connectivity index (χ4n) is 4.39. The molecular weight excluding hydrogens is 434 g/mol. The number of nitrogens with zero attached hydrogens (tertiary/aromatic N) is 4. The van der Waals surface area contributed by atoms with Crippen molar-refractivity contribution in [3.63, 3.8) is 0 Å². The van der Waals surface area contributed by atoms with Crippen LogP contribution in [0.2, 0.25) is 0 Å². The van der Waals surface area contributed by atoms with E-state index in [1.165, 1.54) is 0 Å². The van der Waals surface area contributed by atoms with Gasteiger partial charge in [0, 0.05) is 0 Å². The first-order valence-corrected chi connectivity index (χ1v) is 11.6. The molecule has 1 amide bonds. The molecule has 2 aliphatic rings. The summed E-state index contributed by atoms with van der Waals surface area (Å²) >= 11 is 1.60. The van der Waals surface area contributed by atoms with Crippen LogP contribution < -0.4 is 5.32 Å². The van der Waals surface area contributed by atoms with Crippen LogP contribution in [0.5, 0.6) is 0 Å². The number of amides is 1. The molecule has 33 heavy (non-hydrogen) atoms. The van der Waals surface area contributed by atoms with E-state index in [0.717, 1.165) is 16.7 Å². The van der Waals surface area contributed by atoms with Crippen LogP contribution in [0.15, 0.2) is 112 Å². The van der Waals surface area contributed by atoms with Crippen LogP contribution in [0.1, 0.15) is 23.6 Å². The van der Waals surface area contributed by atoms with Crippen molar-refractivity contribution in [2.24, 2.45) is 26.6 Å². The van der Waals surface area contributed by atoms with Gasteiger partial charge in [-0.25, -0.2) is 0 Å². The van der Waals surface area contributed by atoms with Gasteiger partial charge in [0.05, 0.1) is 16.0 Å². The van der Waals surface area contributed by atoms with Gasteiger partial charge in [0.15, 0.2) is 0 Å². The highest BCUT2D eigenvalue weighted by Gasteiger charge is 2.55. The number of β-lactam (4-membered cyclic amide) rings is 1. The lowest BCUT2D eigenvalue weighted by molar-refractivity contribution is -0.140. The first kappa shape index (κ1) is 21.5. The van der Waals surface area contributed by atoms with Gasteiger partial charge in [-0.15, -0.1) is 22.0 Å². The van der Waals surface area contributed by atoms with Gasteiger partial charge in [0.25, 0.3) is 0 Å². The Morgan fingerprint density at radius 2 is 1.27 bits per heavy atom. The summed E-state index contributed by atoms with van der Waals surface area (Å²) in [5.41, 5.74) is 1.96. The highest BCUT2D eigenvalue weighted by molar-refractivity contribution is 8.01. The van der Waals surface area contributed by atoms with Crippen molar-refractivity contribution in [1.82, 2.24) is 5.32 Å². The van der Waals surface area contributed by atoms with E-state index in [4.69, 9.17) is 0 Å². The van der Waals surface area contributed by atoms with E-state index in [9.17, 15) is 9.90 Å². The minimum absolute atomic E-state index is 0.235. The SMILES string of the molecule is CC1(C(O)C2C(=O)NC2SC(c2ccccc2)(c2ccccc2)c2ccccc2)N=NN=N1. The third-order valence-electron chi connectivity index (χ3n) is 6.19. The molecule has 1 saturated heterocycles. The summed E-state index contributed by atoms with van der Waals surface area (Å²) in [6.07, 6.45) is -1.15. The molecule has 0 aliphatic carbocycles. The Morgan fingerprint density at radius 3 is 1.67 bits per heavy atom. The zero-order chi connectivity index (χ0) is 22.9. The van der Waals surface area contributed by atoms with E-state index in [-0.39, 0.29) is 11.3 Å². The van der Waals surface area contributed by atoms with E-state index < -0.39 is 22.4 Å². The lowest BCUT2D eigenvalue weighted by Crippen LogP contribution is -2.65. The zero-order valence-electron chi connectivity index (χ0n) is 17.9. The second-order valence-corrected chi connectivity index (χ2v) is 9.63. The van der Waals surface area contributed by atoms with Crippen molar-refractivity contribution in [3.8, 4) is 0 Å². The number of carbonyl (C=O) groups is 1. The van der Waals surface area contributed by atoms with Crippen molar-refractivity contribution < 1.29 is 9.90 Å². The Bertz CT molecular complexity index is 1080. The largest absolute Gasteiger partial charge is 0.387 e. The van der Waals surface area contributed by atoms with Crippen molar-refractivity contribution in [1.29, 1.82) is 0 Å². The quantitative estimate of drug-likeness (QED) is 0.398. The third kappa shape index (κ3) is 3.65. The van der Waals surface area contributed by atoms with Crippen LogP contribution in [0.4, 0.5) is 0 Å². The highest BCUT2D eigenvalue weighted by Crippen LogP contribution is 2.53. The molecule has 8 heteroatoms. The molecule has 0 saturated carbocycles. The number of hydrogen-bond donors (Lipinski definition) is 2. The Balaban J connectivity index is 1.62. The van der Waals surface area contributed by atoms with E-state index in [1.54, 1.807) is 18.7 Å². The molecule has 0 spiro atoms. The van der Waals surface area contributed by atoms with Gasteiger partial charge >= 0.3 is 0 Å². The molecule has 2 N–H and O–H groups in total. The normalized spacial score (nSPS) is 21.9. The molecule has 1 fully saturated rings. The van der Waals surface area contributed by atoms with Crippen molar-refractivity contribution in [3.05, 3.63) is 108 Å². The predicted octanol–water partition coefficient (Wildman–Crippen LogP) is 4.69. The van der Waals surface area contributed by atoms with Gasteiger partial charge in [-0.05, 0) is 34.1 Å². The van der Waals surface area contributed by atoms with Crippen LogP contribution in [-0.2, 0) is 9.54 Å². The monoisotopic (exact) mass is 457 g/mol. The number of nitrogens with one attached hydrogen (secondary N) is 1. The minimum atomic E-state index is -1.27. The fourth-order valence-corrected chi connectivity index (χ4v) is 6.18. The van der Waals surface area contributed by atoms with Crippen LogP contribution in [0, 0.1) is 5.92 Å². The lowest BCUT2D eigenvalue weighted by Gasteiger charge is -2.46. The van der Waals surface area contributed by atoms with Gasteiger partial charge in [0.2, 0.25) is 11.6 Å². The zero-order valence-corrected chi connectivity index (χ0v) is 18.8. The molecule has 2 heterocycles. The third-order valence-corrected chi connectivity index (χ3v) is 7.92. The molecule has 0 bridgehead atoms. The Morgan fingerprint density at radius 1 is 0.848 bits per heavy atom. The van der Waals surface area contributed by atoms with Gasteiger partial charge in [-0.3, -0.25) is 4.79 Å². The summed E-state index contributed by atoms with van der Waals surface area (Å²) in [6.45, 7) is 1.63. The average Bonchev–Trinajstić information content (AvgIpc) is 3.31. The molecule has 3 unspecified atom stereocenters. The van der Waals surface area contributed by atoms with Crippen LogP contribution in [-0.4, -0.2) is 28.2 Å². The van der Waals surface area contributed by atoms with Crippen molar-refractivity contribution in [2.45, 2.75) is 28.8 Å². The average molecular weight is 458 g/mol. The molecule has 166 valence electrons. The molecule has 0 radical (unpaired) electrons. The second kappa shape index (κ2) is 8.53. The van der Waals surface area contributed by atoms with Gasteiger partial charge in [0.1, 0.15) is 6.10 Å². The van der Waals surface area contributed by atoms with E-state index >= 15 is 0 Å². The maximum atomic E-state index is 12.6. The van der Waals surface area contributed by atoms with Crippen molar-refractivity contribution >= 4 is 17.7 Å². The summed E-state index contributed by atoms with van der Waals surface area (Å²) in [5, 5.41) is 28.7. The van der Waals surface area contributed by atoms with Gasteiger partial charge in [-0.2, -0.15) is 0 Å². The Kier molecular flexibility index (Phi) is 5.55. The molecule has 0 aromatic heterocycles. The number of benzene rings is 3. The van der Waals surface area contributed by atoms with Crippen LogP contribution in [0.25, 0.3) is 0 Å². The number of aliphatic hydroxyl groups excluding tert-OH is 1. The number of hydrogen-bond acceptors (Lipinski definition) is 7. The number of rotatable bonds is 7. The van der Waals surface area contributed by atoms with Crippen LogP contribution in [0.3, 0.4) is 0 Å². The summed E-state index contributed by atoms with van der Waals surface area (Å²) in [5.74, 6) is -0.951. The lowest BCUT2D eigenvalue weighted by atomic mass is 9.84. The molecule has 3 aromatic rings. The molecule has 3 atom stereocenters. The predicted molar refractivity (Wildman–Crippen MR) is 126 cm³/mol. The van der Waals surface area contributed by atoms with E-state index in [2.05, 4.69) is 62.4 Å². The number of aliphatic hydroxyl groups is 1. The Labute approximate surface area is 196 Å². The fraction of sp³-hybridized carbons (Fsp3) is 0.240. The molecule has 2 aliphatic heterocycles. The topological polar surface area (TPSA) is 98.8 Å². The summed E-state index contributed by atoms with van der Waals surface area (Å²) < 4.78 is -0.625. The molecule has 3 aromatic carbocycles. The first-order valence-electron chi connectivity index (χ1n) is 10.7. The maximum Gasteiger partial charge on any atom is 0.229 e. The molecular formula is C25H23N5O2S. The van der Waals surface area contributed by atoms with E-state index in [1.807, 2.05) is 54.6 Å². The smallest absolute Gasteiger partial charge is 0.229 e. The minimum Gasteiger partial charge on any atom is -0.387 e. The standard InChI is InChI=1S/C25H23N5O2S/c1-24(27-29-30-28-24)21(31)20-22(32)26-23(20)33-25(17-11-5-2-6-12-17,18-13-7-3-8-14-18)19-15-9-4-10-16-19/h2-16,20-21,23,31H,1H3,(H,26,32). The van der Waals surface area contributed by atoms with Gasteiger partial charge in [-0.1, -0.05) is 91.0 Å². The first-order chi connectivity index (χ1) is 16.0. The Hall–Kier alpha value is -3.36. The second-order valence-electron chi connectivity index (χ2n) is 8.27. The van der Waals surface area contributed by atoms with Crippen molar-refractivity contribution in [2.75, 3.05) is 0 Å². The molecule has 7 nitrogen and oxygen atoms in total. The number of thioether (sulfide) groups is 1. The highest BCUT2D eigenvalue weighted by atomic mass is 32.2. The summed E-state index contributed by atoms with van der Waals surface area (Å²) in [7, 11) is 0.